The lowest BCUT2D eigenvalue weighted by Crippen LogP contribution is -2.29. The van der Waals surface area contributed by atoms with Crippen LogP contribution in [-0.4, -0.2) is 30.4 Å². The molecule has 96 valence electrons. The van der Waals surface area contributed by atoms with Gasteiger partial charge in [-0.25, -0.2) is 0 Å². The fourth-order valence-corrected chi connectivity index (χ4v) is 2.08. The number of halogens is 1. The standard InChI is InChI=1S/C13H15N3O.ClH/c14-7-10-1-3-12(4-2-10)13(17)16-6-5-11(8-15)9-16;/h1-4,11H,5-6,8-9,15H2;1H. The summed E-state index contributed by atoms with van der Waals surface area (Å²) < 4.78 is 0. The summed E-state index contributed by atoms with van der Waals surface area (Å²) in [6, 6.07) is 8.79. The van der Waals surface area contributed by atoms with Crippen LogP contribution >= 0.6 is 12.4 Å². The predicted molar refractivity (Wildman–Crippen MR) is 71.5 cm³/mol. The van der Waals surface area contributed by atoms with Crippen molar-refractivity contribution in [1.82, 2.24) is 4.90 Å². The van der Waals surface area contributed by atoms with E-state index < -0.39 is 0 Å². The van der Waals surface area contributed by atoms with Crippen molar-refractivity contribution >= 4 is 18.3 Å². The minimum Gasteiger partial charge on any atom is -0.338 e. The third-order valence-corrected chi connectivity index (χ3v) is 3.17. The molecule has 1 aliphatic rings. The molecule has 1 atom stereocenters. The molecule has 1 aromatic carbocycles. The Hall–Kier alpha value is -1.57. The molecular weight excluding hydrogens is 250 g/mol. The van der Waals surface area contributed by atoms with E-state index in [1.54, 1.807) is 24.3 Å². The lowest BCUT2D eigenvalue weighted by Gasteiger charge is -2.16. The first-order valence-corrected chi connectivity index (χ1v) is 5.74. The molecule has 18 heavy (non-hydrogen) atoms. The molecule has 0 radical (unpaired) electrons. The molecule has 2 N–H and O–H groups in total. The second-order valence-electron chi connectivity index (χ2n) is 4.33. The topological polar surface area (TPSA) is 70.1 Å². The van der Waals surface area contributed by atoms with Gasteiger partial charge in [0.15, 0.2) is 0 Å². The Bertz CT molecular complexity index is 452. The molecule has 0 saturated carbocycles. The maximum absolute atomic E-state index is 12.1. The van der Waals surface area contributed by atoms with Crippen molar-refractivity contribution in [2.24, 2.45) is 11.7 Å². The molecule has 2 rings (SSSR count). The summed E-state index contributed by atoms with van der Waals surface area (Å²) in [6.45, 7) is 2.16. The number of nitriles is 1. The first kappa shape index (κ1) is 14.5. The maximum Gasteiger partial charge on any atom is 0.253 e. The summed E-state index contributed by atoms with van der Waals surface area (Å²) in [7, 11) is 0. The second-order valence-corrected chi connectivity index (χ2v) is 4.33. The predicted octanol–water partition coefficient (Wildman–Crippen LogP) is 1.40. The van der Waals surface area contributed by atoms with E-state index in [0.717, 1.165) is 19.5 Å². The first-order valence-electron chi connectivity index (χ1n) is 5.74. The van der Waals surface area contributed by atoms with Gasteiger partial charge < -0.3 is 10.6 Å². The van der Waals surface area contributed by atoms with E-state index in [1.807, 2.05) is 11.0 Å². The number of hydrogen-bond donors (Lipinski definition) is 1. The quantitative estimate of drug-likeness (QED) is 0.879. The monoisotopic (exact) mass is 265 g/mol. The van der Waals surface area contributed by atoms with Gasteiger partial charge in [-0.15, -0.1) is 12.4 Å². The minimum atomic E-state index is 0. The molecule has 1 unspecified atom stereocenters. The van der Waals surface area contributed by atoms with Crippen molar-refractivity contribution in [1.29, 1.82) is 5.26 Å². The van der Waals surface area contributed by atoms with Gasteiger partial charge in [-0.1, -0.05) is 0 Å². The molecule has 4 nitrogen and oxygen atoms in total. The van der Waals surface area contributed by atoms with Gasteiger partial charge in [0.1, 0.15) is 0 Å². The van der Waals surface area contributed by atoms with Crippen LogP contribution < -0.4 is 5.73 Å². The zero-order chi connectivity index (χ0) is 12.3. The van der Waals surface area contributed by atoms with Crippen molar-refractivity contribution in [3.05, 3.63) is 35.4 Å². The Kier molecular flexibility index (Phi) is 5.14. The molecule has 1 amide bonds. The zero-order valence-corrected chi connectivity index (χ0v) is 10.8. The first-order chi connectivity index (χ1) is 8.24. The molecule has 1 fully saturated rings. The highest BCUT2D eigenvalue weighted by atomic mass is 35.5. The van der Waals surface area contributed by atoms with Crippen LogP contribution in [0.5, 0.6) is 0 Å². The molecule has 1 heterocycles. The lowest BCUT2D eigenvalue weighted by molar-refractivity contribution is 0.0787. The van der Waals surface area contributed by atoms with Crippen molar-refractivity contribution in [2.75, 3.05) is 19.6 Å². The average Bonchev–Trinajstić information content (AvgIpc) is 2.87. The van der Waals surface area contributed by atoms with E-state index in [2.05, 4.69) is 0 Å². The fraction of sp³-hybridized carbons (Fsp3) is 0.385. The van der Waals surface area contributed by atoms with Gasteiger partial charge in [0.25, 0.3) is 5.91 Å². The Morgan fingerprint density at radius 3 is 2.61 bits per heavy atom. The number of carbonyl (C=O) groups is 1. The summed E-state index contributed by atoms with van der Waals surface area (Å²) >= 11 is 0. The lowest BCUT2D eigenvalue weighted by atomic mass is 10.1. The zero-order valence-electron chi connectivity index (χ0n) is 10.0. The normalized spacial score (nSPS) is 18.0. The summed E-state index contributed by atoms with van der Waals surface area (Å²) in [5, 5.41) is 8.69. The largest absolute Gasteiger partial charge is 0.338 e. The van der Waals surface area contributed by atoms with E-state index >= 15 is 0 Å². The summed E-state index contributed by atoms with van der Waals surface area (Å²) in [5.41, 5.74) is 6.81. The third kappa shape index (κ3) is 3.00. The molecule has 1 saturated heterocycles. The van der Waals surface area contributed by atoms with Crippen LogP contribution in [0.3, 0.4) is 0 Å². The van der Waals surface area contributed by atoms with Crippen LogP contribution in [-0.2, 0) is 0 Å². The molecular formula is C13H16ClN3O. The van der Waals surface area contributed by atoms with Gasteiger partial charge in [-0.3, -0.25) is 4.79 Å². The number of amides is 1. The summed E-state index contributed by atoms with van der Waals surface area (Å²) in [5.74, 6) is 0.461. The molecule has 5 heteroatoms. The Morgan fingerprint density at radius 1 is 1.44 bits per heavy atom. The van der Waals surface area contributed by atoms with Crippen LogP contribution in [0.25, 0.3) is 0 Å². The fourth-order valence-electron chi connectivity index (χ4n) is 2.08. The van der Waals surface area contributed by atoms with E-state index in [9.17, 15) is 4.79 Å². The van der Waals surface area contributed by atoms with Crippen molar-refractivity contribution < 1.29 is 4.79 Å². The average molecular weight is 266 g/mol. The number of nitrogens with zero attached hydrogens (tertiary/aromatic N) is 2. The van der Waals surface area contributed by atoms with Gasteiger partial charge in [0, 0.05) is 18.7 Å². The smallest absolute Gasteiger partial charge is 0.253 e. The molecule has 0 aromatic heterocycles. The van der Waals surface area contributed by atoms with Crippen LogP contribution in [0.15, 0.2) is 24.3 Å². The van der Waals surface area contributed by atoms with Gasteiger partial charge in [-0.05, 0) is 43.1 Å². The highest BCUT2D eigenvalue weighted by Gasteiger charge is 2.25. The van der Waals surface area contributed by atoms with Gasteiger partial charge in [0.05, 0.1) is 11.6 Å². The van der Waals surface area contributed by atoms with Crippen LogP contribution in [0, 0.1) is 17.2 Å². The van der Waals surface area contributed by atoms with E-state index in [0.29, 0.717) is 23.6 Å². The minimum absolute atomic E-state index is 0. The number of nitrogens with two attached hydrogens (primary N) is 1. The Labute approximate surface area is 113 Å². The van der Waals surface area contributed by atoms with Crippen LogP contribution in [0.4, 0.5) is 0 Å². The number of carbonyl (C=O) groups excluding carboxylic acids is 1. The van der Waals surface area contributed by atoms with Crippen molar-refractivity contribution in [2.45, 2.75) is 6.42 Å². The summed E-state index contributed by atoms with van der Waals surface area (Å²) in [6.07, 6.45) is 0.985. The molecule has 1 aromatic rings. The second kappa shape index (κ2) is 6.39. The van der Waals surface area contributed by atoms with Crippen LogP contribution in [0.1, 0.15) is 22.3 Å². The van der Waals surface area contributed by atoms with Gasteiger partial charge >= 0.3 is 0 Å². The van der Waals surface area contributed by atoms with Gasteiger partial charge in [-0.2, -0.15) is 5.26 Å². The maximum atomic E-state index is 12.1. The van der Waals surface area contributed by atoms with E-state index in [1.165, 1.54) is 0 Å². The Balaban J connectivity index is 0.00000162. The number of hydrogen-bond acceptors (Lipinski definition) is 3. The summed E-state index contributed by atoms with van der Waals surface area (Å²) in [4.78, 5) is 13.9. The Morgan fingerprint density at radius 2 is 2.11 bits per heavy atom. The highest BCUT2D eigenvalue weighted by molar-refractivity contribution is 5.94. The molecule has 0 aliphatic carbocycles. The SMILES string of the molecule is Cl.N#Cc1ccc(C(=O)N2CCC(CN)C2)cc1. The van der Waals surface area contributed by atoms with Crippen molar-refractivity contribution in [3.63, 3.8) is 0 Å². The molecule has 0 bridgehead atoms. The van der Waals surface area contributed by atoms with Crippen LogP contribution in [0.2, 0.25) is 0 Å². The van der Waals surface area contributed by atoms with E-state index in [4.69, 9.17) is 11.0 Å². The molecule has 0 spiro atoms. The number of rotatable bonds is 2. The highest BCUT2D eigenvalue weighted by Crippen LogP contribution is 2.17. The molecule has 1 aliphatic heterocycles. The number of benzene rings is 1. The van der Waals surface area contributed by atoms with E-state index in [-0.39, 0.29) is 18.3 Å². The number of likely N-dealkylation sites (tertiary alicyclic amines) is 1. The third-order valence-electron chi connectivity index (χ3n) is 3.17. The van der Waals surface area contributed by atoms with Gasteiger partial charge in [0.2, 0.25) is 0 Å². The van der Waals surface area contributed by atoms with Crippen molar-refractivity contribution in [3.8, 4) is 6.07 Å².